The second-order valence-electron chi connectivity index (χ2n) is 7.40. The lowest BCUT2D eigenvalue weighted by atomic mass is 10.2. The monoisotopic (exact) mass is 497 g/mol. The van der Waals surface area contributed by atoms with Crippen LogP contribution in [0.1, 0.15) is 23.6 Å². The summed E-state index contributed by atoms with van der Waals surface area (Å²) in [5.41, 5.74) is 3.08. The Labute approximate surface area is 207 Å². The Balaban J connectivity index is 1.59. The first-order chi connectivity index (χ1) is 16.9. The number of non-ortho nitro benzene ring substituents is 1. The summed E-state index contributed by atoms with van der Waals surface area (Å²) in [6.07, 6.45) is 1.41. The maximum atomic E-state index is 12.0. The maximum absolute atomic E-state index is 12.0. The minimum atomic E-state index is -0.463. The molecule has 10 heteroatoms. The van der Waals surface area contributed by atoms with Crippen LogP contribution in [0, 0.1) is 17.0 Å². The summed E-state index contributed by atoms with van der Waals surface area (Å²) >= 11 is 6.41. The molecule has 35 heavy (non-hydrogen) atoms. The number of hydrogen-bond acceptors (Lipinski definition) is 7. The smallest absolute Gasteiger partial charge is 0.269 e. The number of carbonyl (C=O) groups is 1. The van der Waals surface area contributed by atoms with Gasteiger partial charge >= 0.3 is 0 Å². The Morgan fingerprint density at radius 1 is 1.11 bits per heavy atom. The standard InChI is InChI=1S/C25H24ClN3O6/c1-3-33-23-13-19(14-27-35-16-24(30)28-20-8-4-17(2)5-9-20)12-22(26)25(23)34-15-18-6-10-21(11-7-18)29(31)32/h4-14H,3,15-16H2,1-2H3,(H,28,30). The number of oxime groups is 1. The molecule has 0 spiro atoms. The molecule has 0 radical (unpaired) electrons. The number of nitrogens with one attached hydrogen (secondary N) is 1. The number of benzene rings is 3. The van der Waals surface area contributed by atoms with Crippen LogP contribution in [0.25, 0.3) is 0 Å². The molecule has 0 aromatic heterocycles. The highest BCUT2D eigenvalue weighted by atomic mass is 35.5. The predicted molar refractivity (Wildman–Crippen MR) is 133 cm³/mol. The number of halogens is 1. The highest BCUT2D eigenvalue weighted by Crippen LogP contribution is 2.37. The molecule has 0 fully saturated rings. The van der Waals surface area contributed by atoms with Gasteiger partial charge in [-0.2, -0.15) is 0 Å². The normalized spacial score (nSPS) is 10.7. The molecule has 0 heterocycles. The summed E-state index contributed by atoms with van der Waals surface area (Å²) in [5.74, 6) is 0.400. The van der Waals surface area contributed by atoms with Crippen molar-refractivity contribution in [2.24, 2.45) is 5.16 Å². The zero-order valence-corrected chi connectivity index (χ0v) is 19.9. The van der Waals surface area contributed by atoms with Crippen LogP contribution in [0.3, 0.4) is 0 Å². The Morgan fingerprint density at radius 2 is 1.83 bits per heavy atom. The van der Waals surface area contributed by atoms with Crippen molar-refractivity contribution >= 4 is 35.1 Å². The van der Waals surface area contributed by atoms with Gasteiger partial charge in [-0.25, -0.2) is 0 Å². The third-order valence-electron chi connectivity index (χ3n) is 4.67. The van der Waals surface area contributed by atoms with Crippen LogP contribution in [0.15, 0.2) is 65.8 Å². The zero-order chi connectivity index (χ0) is 25.2. The van der Waals surface area contributed by atoms with Gasteiger partial charge in [0.05, 0.1) is 22.8 Å². The topological polar surface area (TPSA) is 112 Å². The van der Waals surface area contributed by atoms with E-state index in [1.807, 2.05) is 26.0 Å². The van der Waals surface area contributed by atoms with E-state index in [0.29, 0.717) is 29.4 Å². The Bertz CT molecular complexity index is 1200. The van der Waals surface area contributed by atoms with Gasteiger partial charge in [0.15, 0.2) is 18.1 Å². The van der Waals surface area contributed by atoms with Crippen molar-refractivity contribution in [2.45, 2.75) is 20.5 Å². The van der Waals surface area contributed by atoms with E-state index in [2.05, 4.69) is 10.5 Å². The van der Waals surface area contributed by atoms with Crippen molar-refractivity contribution in [2.75, 3.05) is 18.5 Å². The van der Waals surface area contributed by atoms with E-state index in [1.165, 1.54) is 18.3 Å². The first-order valence-corrected chi connectivity index (χ1v) is 11.1. The summed E-state index contributed by atoms with van der Waals surface area (Å²) in [4.78, 5) is 27.4. The van der Waals surface area contributed by atoms with Gasteiger partial charge in [0.25, 0.3) is 11.6 Å². The van der Waals surface area contributed by atoms with Crippen LogP contribution in [0.4, 0.5) is 11.4 Å². The number of hydrogen-bond donors (Lipinski definition) is 1. The molecule has 3 aromatic rings. The average Bonchev–Trinajstić information content (AvgIpc) is 2.83. The summed E-state index contributed by atoms with van der Waals surface area (Å²) < 4.78 is 11.5. The van der Waals surface area contributed by atoms with E-state index in [0.717, 1.165) is 11.1 Å². The molecule has 0 unspecified atom stereocenters. The highest BCUT2D eigenvalue weighted by molar-refractivity contribution is 6.32. The van der Waals surface area contributed by atoms with Gasteiger partial charge in [-0.05, 0) is 55.8 Å². The number of anilines is 1. The number of nitrogens with zero attached hydrogens (tertiary/aromatic N) is 2. The Kier molecular flexibility index (Phi) is 9.02. The first kappa shape index (κ1) is 25.5. The first-order valence-electron chi connectivity index (χ1n) is 10.7. The Hall–Kier alpha value is -4.11. The number of ether oxygens (including phenoxy) is 2. The minimum Gasteiger partial charge on any atom is -0.490 e. The number of nitro groups is 1. The third-order valence-corrected chi connectivity index (χ3v) is 4.95. The molecular weight excluding hydrogens is 474 g/mol. The minimum absolute atomic E-state index is 0.000257. The van der Waals surface area contributed by atoms with Crippen LogP contribution in [-0.2, 0) is 16.2 Å². The van der Waals surface area contributed by atoms with Crippen LogP contribution in [-0.4, -0.2) is 30.3 Å². The molecular formula is C25H24ClN3O6. The summed E-state index contributed by atoms with van der Waals surface area (Å²) in [6, 6.07) is 16.7. The van der Waals surface area contributed by atoms with Gasteiger partial charge in [0.2, 0.25) is 0 Å². The second-order valence-corrected chi connectivity index (χ2v) is 7.80. The fourth-order valence-electron chi connectivity index (χ4n) is 2.96. The molecule has 9 nitrogen and oxygen atoms in total. The molecule has 0 saturated heterocycles. The van der Waals surface area contributed by atoms with Crippen molar-refractivity contribution in [3.8, 4) is 11.5 Å². The molecule has 0 atom stereocenters. The number of rotatable bonds is 11. The van der Waals surface area contributed by atoms with Gasteiger partial charge in [-0.1, -0.05) is 34.5 Å². The summed E-state index contributed by atoms with van der Waals surface area (Å²) in [7, 11) is 0. The zero-order valence-electron chi connectivity index (χ0n) is 19.2. The van der Waals surface area contributed by atoms with Gasteiger partial charge in [-0.15, -0.1) is 0 Å². The fourth-order valence-corrected chi connectivity index (χ4v) is 3.24. The number of carbonyl (C=O) groups excluding carboxylic acids is 1. The van der Waals surface area contributed by atoms with Gasteiger partial charge in [-0.3, -0.25) is 14.9 Å². The van der Waals surface area contributed by atoms with E-state index in [1.54, 1.807) is 36.4 Å². The van der Waals surface area contributed by atoms with Crippen molar-refractivity contribution < 1.29 is 24.0 Å². The van der Waals surface area contributed by atoms with Crippen LogP contribution < -0.4 is 14.8 Å². The molecule has 1 N–H and O–H groups in total. The summed E-state index contributed by atoms with van der Waals surface area (Å²) in [6.45, 7) is 4.05. The molecule has 0 saturated carbocycles. The number of nitro benzene ring substituents is 1. The van der Waals surface area contributed by atoms with E-state index in [4.69, 9.17) is 25.9 Å². The lowest BCUT2D eigenvalue weighted by Crippen LogP contribution is -2.16. The molecule has 0 bridgehead atoms. The average molecular weight is 498 g/mol. The molecule has 0 aliphatic rings. The molecule has 0 aliphatic carbocycles. The quantitative estimate of drug-likeness (QED) is 0.212. The Morgan fingerprint density at radius 3 is 2.49 bits per heavy atom. The molecule has 0 aliphatic heterocycles. The van der Waals surface area contributed by atoms with Gasteiger partial charge in [0, 0.05) is 23.4 Å². The van der Waals surface area contributed by atoms with E-state index >= 15 is 0 Å². The van der Waals surface area contributed by atoms with E-state index in [-0.39, 0.29) is 29.8 Å². The van der Waals surface area contributed by atoms with E-state index in [9.17, 15) is 14.9 Å². The predicted octanol–water partition coefficient (Wildman–Crippen LogP) is 5.52. The third kappa shape index (κ3) is 7.72. The maximum Gasteiger partial charge on any atom is 0.269 e. The van der Waals surface area contributed by atoms with Crippen molar-refractivity contribution in [1.29, 1.82) is 0 Å². The molecule has 3 aromatic carbocycles. The summed E-state index contributed by atoms with van der Waals surface area (Å²) in [5, 5.41) is 17.6. The SMILES string of the molecule is CCOc1cc(C=NOCC(=O)Nc2ccc(C)cc2)cc(Cl)c1OCc1ccc([N+](=O)[O-])cc1. The van der Waals surface area contributed by atoms with Crippen LogP contribution >= 0.6 is 11.6 Å². The molecule has 3 rings (SSSR count). The van der Waals surface area contributed by atoms with Crippen LogP contribution in [0.5, 0.6) is 11.5 Å². The van der Waals surface area contributed by atoms with Crippen molar-refractivity contribution in [3.63, 3.8) is 0 Å². The van der Waals surface area contributed by atoms with E-state index < -0.39 is 4.92 Å². The largest absolute Gasteiger partial charge is 0.490 e. The lowest BCUT2D eigenvalue weighted by molar-refractivity contribution is -0.384. The lowest BCUT2D eigenvalue weighted by Gasteiger charge is -2.14. The van der Waals surface area contributed by atoms with Crippen LogP contribution in [0.2, 0.25) is 5.02 Å². The van der Waals surface area contributed by atoms with Crippen molar-refractivity contribution in [3.05, 3.63) is 92.5 Å². The highest BCUT2D eigenvalue weighted by Gasteiger charge is 2.13. The second kappa shape index (κ2) is 12.4. The van der Waals surface area contributed by atoms with Gasteiger partial charge < -0.3 is 19.6 Å². The fraction of sp³-hybridized carbons (Fsp3) is 0.200. The number of amides is 1. The number of aryl methyl sites for hydroxylation is 1. The van der Waals surface area contributed by atoms with Crippen molar-refractivity contribution in [1.82, 2.24) is 0 Å². The molecule has 182 valence electrons. The van der Waals surface area contributed by atoms with Gasteiger partial charge in [0.1, 0.15) is 6.61 Å². The molecule has 1 amide bonds.